The molecular weight excluding hydrogens is 206 g/mol. The lowest BCUT2D eigenvalue weighted by molar-refractivity contribution is 0.530. The second-order valence-corrected chi connectivity index (χ2v) is 4.30. The molecular formula is C12H13NOS. The molecule has 1 heterocycles. The average molecular weight is 219 g/mol. The van der Waals surface area contributed by atoms with Crippen molar-refractivity contribution in [1.82, 2.24) is 0 Å². The van der Waals surface area contributed by atoms with Crippen molar-refractivity contribution in [3.8, 4) is 0 Å². The maximum Gasteiger partial charge on any atom is 0.113 e. The standard InChI is InChI=1S/C12H13NOS/c13-11-5-3-10(4-6-11)8-15-9-12-2-1-7-14-12/h1-7H,8-9,13H2. The molecule has 0 spiro atoms. The van der Waals surface area contributed by atoms with Gasteiger partial charge in [-0.25, -0.2) is 0 Å². The monoisotopic (exact) mass is 219 g/mol. The van der Waals surface area contributed by atoms with Crippen molar-refractivity contribution in [2.45, 2.75) is 11.5 Å². The van der Waals surface area contributed by atoms with E-state index in [1.165, 1.54) is 5.56 Å². The van der Waals surface area contributed by atoms with E-state index in [2.05, 4.69) is 12.1 Å². The smallest absolute Gasteiger partial charge is 0.113 e. The van der Waals surface area contributed by atoms with Gasteiger partial charge in [0, 0.05) is 11.4 Å². The molecule has 0 saturated carbocycles. The Bertz CT molecular complexity index is 394. The maximum atomic E-state index is 5.61. The predicted octanol–water partition coefficient (Wildman–Crippen LogP) is 3.30. The first kappa shape index (κ1) is 10.2. The van der Waals surface area contributed by atoms with Gasteiger partial charge < -0.3 is 10.2 Å². The van der Waals surface area contributed by atoms with E-state index in [0.717, 1.165) is 23.0 Å². The van der Waals surface area contributed by atoms with Gasteiger partial charge in [0.25, 0.3) is 0 Å². The first-order chi connectivity index (χ1) is 7.34. The second-order valence-electron chi connectivity index (χ2n) is 3.31. The third-order valence-corrected chi connectivity index (χ3v) is 3.10. The van der Waals surface area contributed by atoms with Crippen molar-refractivity contribution in [2.24, 2.45) is 0 Å². The van der Waals surface area contributed by atoms with Gasteiger partial charge in [-0.3, -0.25) is 0 Å². The molecule has 0 aliphatic rings. The molecule has 0 bridgehead atoms. The number of hydrogen-bond acceptors (Lipinski definition) is 3. The van der Waals surface area contributed by atoms with Crippen LogP contribution < -0.4 is 5.73 Å². The first-order valence-electron chi connectivity index (χ1n) is 4.79. The number of hydrogen-bond donors (Lipinski definition) is 1. The molecule has 0 unspecified atom stereocenters. The fraction of sp³-hybridized carbons (Fsp3) is 0.167. The van der Waals surface area contributed by atoms with E-state index >= 15 is 0 Å². The molecule has 0 radical (unpaired) electrons. The van der Waals surface area contributed by atoms with Crippen molar-refractivity contribution in [2.75, 3.05) is 5.73 Å². The van der Waals surface area contributed by atoms with Crippen LogP contribution in [0.15, 0.2) is 47.1 Å². The Morgan fingerprint density at radius 1 is 1.07 bits per heavy atom. The van der Waals surface area contributed by atoms with Gasteiger partial charge in [0.05, 0.1) is 12.0 Å². The lowest BCUT2D eigenvalue weighted by atomic mass is 10.2. The summed E-state index contributed by atoms with van der Waals surface area (Å²) in [5, 5.41) is 0. The Morgan fingerprint density at radius 3 is 2.53 bits per heavy atom. The average Bonchev–Trinajstić information content (AvgIpc) is 2.74. The summed E-state index contributed by atoms with van der Waals surface area (Å²) in [4.78, 5) is 0. The topological polar surface area (TPSA) is 39.2 Å². The molecule has 2 N–H and O–H groups in total. The summed E-state index contributed by atoms with van der Waals surface area (Å²) < 4.78 is 5.25. The number of benzene rings is 1. The van der Waals surface area contributed by atoms with Gasteiger partial charge in [-0.15, -0.1) is 11.8 Å². The number of nitrogen functional groups attached to an aromatic ring is 1. The molecule has 1 aromatic heterocycles. The van der Waals surface area contributed by atoms with Gasteiger partial charge in [-0.1, -0.05) is 12.1 Å². The molecule has 0 aliphatic heterocycles. The Labute approximate surface area is 93.5 Å². The molecule has 2 nitrogen and oxygen atoms in total. The zero-order chi connectivity index (χ0) is 10.5. The van der Waals surface area contributed by atoms with Crippen molar-refractivity contribution < 1.29 is 4.42 Å². The van der Waals surface area contributed by atoms with Crippen LogP contribution in [-0.2, 0) is 11.5 Å². The van der Waals surface area contributed by atoms with Crippen LogP contribution >= 0.6 is 11.8 Å². The number of anilines is 1. The summed E-state index contributed by atoms with van der Waals surface area (Å²) in [6.07, 6.45) is 1.71. The van der Waals surface area contributed by atoms with Gasteiger partial charge in [-0.05, 0) is 29.8 Å². The summed E-state index contributed by atoms with van der Waals surface area (Å²) in [6, 6.07) is 11.9. The molecule has 3 heteroatoms. The maximum absolute atomic E-state index is 5.61. The summed E-state index contributed by atoms with van der Waals surface area (Å²) in [5.74, 6) is 2.92. The molecule has 0 saturated heterocycles. The van der Waals surface area contributed by atoms with E-state index in [4.69, 9.17) is 10.2 Å². The van der Waals surface area contributed by atoms with E-state index in [9.17, 15) is 0 Å². The van der Waals surface area contributed by atoms with Crippen LogP contribution in [0.5, 0.6) is 0 Å². The number of rotatable bonds is 4. The van der Waals surface area contributed by atoms with Crippen molar-refractivity contribution in [3.63, 3.8) is 0 Å². The SMILES string of the molecule is Nc1ccc(CSCc2ccco2)cc1. The van der Waals surface area contributed by atoms with Gasteiger partial charge in [0.2, 0.25) is 0 Å². The normalized spacial score (nSPS) is 10.4. The minimum Gasteiger partial charge on any atom is -0.468 e. The van der Waals surface area contributed by atoms with E-state index in [-0.39, 0.29) is 0 Å². The summed E-state index contributed by atoms with van der Waals surface area (Å²) >= 11 is 1.84. The lowest BCUT2D eigenvalue weighted by Gasteiger charge is -2.00. The predicted molar refractivity (Wildman–Crippen MR) is 64.6 cm³/mol. The van der Waals surface area contributed by atoms with E-state index in [1.807, 2.05) is 36.0 Å². The van der Waals surface area contributed by atoms with E-state index in [1.54, 1.807) is 6.26 Å². The Morgan fingerprint density at radius 2 is 1.87 bits per heavy atom. The van der Waals surface area contributed by atoms with Gasteiger partial charge in [-0.2, -0.15) is 0 Å². The Hall–Kier alpha value is -1.35. The molecule has 2 aromatic rings. The van der Waals surface area contributed by atoms with E-state index < -0.39 is 0 Å². The largest absolute Gasteiger partial charge is 0.468 e. The van der Waals surface area contributed by atoms with Crippen LogP contribution in [-0.4, -0.2) is 0 Å². The Kier molecular flexibility index (Phi) is 3.35. The van der Waals surface area contributed by atoms with Crippen LogP contribution in [0.3, 0.4) is 0 Å². The Balaban J connectivity index is 1.81. The van der Waals surface area contributed by atoms with Gasteiger partial charge >= 0.3 is 0 Å². The highest BCUT2D eigenvalue weighted by Gasteiger charge is 1.97. The number of nitrogens with two attached hydrogens (primary N) is 1. The highest BCUT2D eigenvalue weighted by Crippen LogP contribution is 2.18. The summed E-state index contributed by atoms with van der Waals surface area (Å²) in [7, 11) is 0. The molecule has 15 heavy (non-hydrogen) atoms. The van der Waals surface area contributed by atoms with Crippen LogP contribution in [0.1, 0.15) is 11.3 Å². The lowest BCUT2D eigenvalue weighted by Crippen LogP contribution is -1.86. The molecule has 0 atom stereocenters. The van der Waals surface area contributed by atoms with E-state index in [0.29, 0.717) is 0 Å². The first-order valence-corrected chi connectivity index (χ1v) is 5.94. The molecule has 0 amide bonds. The summed E-state index contributed by atoms with van der Waals surface area (Å²) in [5.41, 5.74) is 7.72. The zero-order valence-electron chi connectivity index (χ0n) is 8.35. The minimum absolute atomic E-state index is 0.815. The van der Waals surface area contributed by atoms with Gasteiger partial charge in [0.15, 0.2) is 0 Å². The van der Waals surface area contributed by atoms with Crippen molar-refractivity contribution >= 4 is 17.4 Å². The van der Waals surface area contributed by atoms with Crippen LogP contribution in [0.4, 0.5) is 5.69 Å². The van der Waals surface area contributed by atoms with Crippen LogP contribution in [0.2, 0.25) is 0 Å². The third kappa shape index (κ3) is 3.06. The summed E-state index contributed by atoms with van der Waals surface area (Å²) in [6.45, 7) is 0. The zero-order valence-corrected chi connectivity index (χ0v) is 9.17. The highest BCUT2D eigenvalue weighted by atomic mass is 32.2. The molecule has 0 aliphatic carbocycles. The molecule has 2 rings (SSSR count). The number of furan rings is 1. The molecule has 0 fully saturated rings. The number of thioether (sulfide) groups is 1. The second kappa shape index (κ2) is 4.94. The third-order valence-electron chi connectivity index (χ3n) is 2.07. The van der Waals surface area contributed by atoms with Crippen molar-refractivity contribution in [3.05, 3.63) is 54.0 Å². The molecule has 78 valence electrons. The fourth-order valence-corrected chi connectivity index (χ4v) is 2.17. The van der Waals surface area contributed by atoms with Crippen LogP contribution in [0, 0.1) is 0 Å². The minimum atomic E-state index is 0.815. The fourth-order valence-electron chi connectivity index (χ4n) is 1.28. The van der Waals surface area contributed by atoms with Gasteiger partial charge in [0.1, 0.15) is 5.76 Å². The molecule has 1 aromatic carbocycles. The van der Waals surface area contributed by atoms with Crippen LogP contribution in [0.25, 0.3) is 0 Å². The highest BCUT2D eigenvalue weighted by molar-refractivity contribution is 7.97. The quantitative estimate of drug-likeness (QED) is 0.802. The van der Waals surface area contributed by atoms with Crippen molar-refractivity contribution in [1.29, 1.82) is 0 Å².